The van der Waals surface area contributed by atoms with Crippen LogP contribution >= 0.6 is 11.6 Å². The van der Waals surface area contributed by atoms with Crippen molar-refractivity contribution in [3.8, 4) is 0 Å². The number of nitrogens with zero attached hydrogens (tertiary/aromatic N) is 1. The molecule has 53 heavy (non-hydrogen) atoms. The summed E-state index contributed by atoms with van der Waals surface area (Å²) in [4.78, 5) is 14.0. The summed E-state index contributed by atoms with van der Waals surface area (Å²) >= 11 is 6.77. The lowest BCUT2D eigenvalue weighted by Gasteiger charge is -2.72. The number of allylic oxidation sites excluding steroid dienone is 5. The average molecular weight is 772 g/mol. The summed E-state index contributed by atoms with van der Waals surface area (Å²) in [5, 5.41) is 4.10. The Bertz CT molecular complexity index is 1650. The molecule has 0 aromatic carbocycles. The van der Waals surface area contributed by atoms with Crippen LogP contribution in [0.25, 0.3) is 0 Å². The van der Waals surface area contributed by atoms with Crippen LogP contribution < -0.4 is 5.32 Å². The largest absolute Gasteiger partial charge is 0.468 e. The molecule has 0 aromatic rings. The Morgan fingerprint density at radius 1 is 0.925 bits per heavy atom. The van der Waals surface area contributed by atoms with Gasteiger partial charge in [0.25, 0.3) is 0 Å². The first-order valence-electron chi connectivity index (χ1n) is 21.2. The summed E-state index contributed by atoms with van der Waals surface area (Å²) in [6.07, 6.45) is 21.3. The summed E-state index contributed by atoms with van der Waals surface area (Å²) in [7, 11) is -1.51. The highest BCUT2D eigenvalue weighted by atomic mass is 35.5. The number of carbonyl (C=O) groups excluding carboxylic acids is 1. The Morgan fingerprint density at radius 2 is 1.64 bits per heavy atom. The lowest BCUT2D eigenvalue weighted by molar-refractivity contribution is -0.221. The molecule has 298 valence electrons. The molecule has 10 atom stereocenters. The van der Waals surface area contributed by atoms with Crippen molar-refractivity contribution in [3.05, 3.63) is 35.5 Å². The van der Waals surface area contributed by atoms with Crippen molar-refractivity contribution in [1.29, 1.82) is 0 Å². The van der Waals surface area contributed by atoms with Gasteiger partial charge >= 0.3 is 5.97 Å². The average Bonchev–Trinajstić information content (AvgIpc) is 3.48. The molecule has 1 N–H and O–H groups in total. The second kappa shape index (κ2) is 13.8. The first-order chi connectivity index (χ1) is 24.8. The molecule has 1 saturated heterocycles. The topological polar surface area (TPSA) is 75.7 Å². The van der Waals surface area contributed by atoms with E-state index in [0.29, 0.717) is 53.3 Å². The van der Waals surface area contributed by atoms with Crippen LogP contribution in [0.1, 0.15) is 131 Å². The highest BCUT2D eigenvalue weighted by Crippen LogP contribution is 2.76. The maximum absolute atomic E-state index is 12.5. The number of esters is 1. The van der Waals surface area contributed by atoms with Crippen molar-refractivity contribution in [3.63, 3.8) is 0 Å². The van der Waals surface area contributed by atoms with Crippen molar-refractivity contribution < 1.29 is 17.9 Å². The Kier molecular flexibility index (Phi) is 10.4. The minimum absolute atomic E-state index is 0.0672. The number of fused-ring (bicyclic) bond motifs is 7. The summed E-state index contributed by atoms with van der Waals surface area (Å²) in [6.45, 7) is 23.9. The van der Waals surface area contributed by atoms with Crippen molar-refractivity contribution in [2.45, 2.75) is 147 Å². The Morgan fingerprint density at radius 3 is 2.26 bits per heavy atom. The van der Waals surface area contributed by atoms with Gasteiger partial charge in [0.1, 0.15) is 14.7 Å². The first-order valence-corrected chi connectivity index (χ1v) is 23.6. The van der Waals surface area contributed by atoms with Crippen LogP contribution in [0.4, 0.5) is 0 Å². The zero-order valence-electron chi connectivity index (χ0n) is 34.4. The minimum Gasteiger partial charge on any atom is -0.468 e. The Labute approximate surface area is 327 Å². The van der Waals surface area contributed by atoms with Gasteiger partial charge in [-0.3, -0.25) is 4.79 Å². The third-order valence-corrected chi connectivity index (χ3v) is 20.2. The molecule has 8 heteroatoms. The molecule has 7 aliphatic rings. The molecule has 6 nitrogen and oxygen atoms in total. The number of carbonyl (C=O) groups is 1. The van der Waals surface area contributed by atoms with Gasteiger partial charge in [0.15, 0.2) is 0 Å². The fraction of sp³-hybridized carbons (Fsp3) is 0.844. The van der Waals surface area contributed by atoms with Crippen molar-refractivity contribution >= 4 is 27.4 Å². The van der Waals surface area contributed by atoms with E-state index < -0.39 is 14.7 Å². The van der Waals surface area contributed by atoms with E-state index in [1.807, 2.05) is 0 Å². The standard InChI is InChI=1S/C45H71ClN2O4S/c1-30(2)33-14-23-45(47-26-29-48-27-17-32(18-28-48)53(9,50)51)25-24-42(6)35(38(33)45)10-11-37-41(5)19-15-34(40(3,4)36(41)16-20-43(37,42)7)31-12-21-44(46,22-13-31)39(49)52-8/h12,15,32-33,35-38,47H,1,10-11,13-14,16-29H2,2-9H3/t33-,35+,36?,37?,38?,41-,42+,43+,44?,45-/m0/s1. The molecule has 4 saturated carbocycles. The molecular formula is C45H71ClN2O4S. The van der Waals surface area contributed by atoms with E-state index in [0.717, 1.165) is 51.9 Å². The maximum Gasteiger partial charge on any atom is 0.327 e. The molecule has 0 bridgehead atoms. The molecule has 0 amide bonds. The van der Waals surface area contributed by atoms with Crippen molar-refractivity contribution in [1.82, 2.24) is 10.2 Å². The summed E-state index contributed by atoms with van der Waals surface area (Å²) in [6, 6.07) is 0. The van der Waals surface area contributed by atoms with E-state index in [4.69, 9.17) is 16.3 Å². The van der Waals surface area contributed by atoms with Crippen LogP contribution in [0.5, 0.6) is 0 Å². The highest BCUT2D eigenvalue weighted by molar-refractivity contribution is 7.91. The van der Waals surface area contributed by atoms with Gasteiger partial charge in [0.2, 0.25) is 0 Å². The lowest BCUT2D eigenvalue weighted by atomic mass is 9.33. The predicted molar refractivity (Wildman–Crippen MR) is 218 cm³/mol. The third-order valence-electron chi connectivity index (χ3n) is 18.0. The second-order valence-corrected chi connectivity index (χ2v) is 23.6. The number of nitrogens with one attached hydrogen (secondary N) is 1. The van der Waals surface area contributed by atoms with E-state index in [1.165, 1.54) is 81.5 Å². The lowest BCUT2D eigenvalue weighted by Crippen LogP contribution is -2.68. The highest BCUT2D eigenvalue weighted by Gasteiger charge is 2.70. The quantitative estimate of drug-likeness (QED) is 0.151. The molecule has 4 unspecified atom stereocenters. The summed E-state index contributed by atoms with van der Waals surface area (Å²) in [5.74, 6) is 2.92. The van der Waals surface area contributed by atoms with Crippen LogP contribution in [0.2, 0.25) is 0 Å². The van der Waals surface area contributed by atoms with Gasteiger partial charge in [-0.05, 0) is 172 Å². The minimum atomic E-state index is -2.95. The number of hydrogen-bond donors (Lipinski definition) is 1. The summed E-state index contributed by atoms with van der Waals surface area (Å²) < 4.78 is 29.4. The number of sulfone groups is 1. The zero-order valence-corrected chi connectivity index (χ0v) is 36.0. The fourth-order valence-electron chi connectivity index (χ4n) is 15.1. The van der Waals surface area contributed by atoms with Gasteiger partial charge in [-0.2, -0.15) is 0 Å². The normalized spacial score (nSPS) is 44.4. The second-order valence-electron chi connectivity index (χ2n) is 20.6. The van der Waals surface area contributed by atoms with Crippen LogP contribution in [0.15, 0.2) is 35.5 Å². The van der Waals surface area contributed by atoms with Gasteiger partial charge in [-0.1, -0.05) is 58.9 Å². The van der Waals surface area contributed by atoms with Gasteiger partial charge in [-0.25, -0.2) is 8.42 Å². The molecule has 0 radical (unpaired) electrons. The Balaban J connectivity index is 1.10. The molecular weight excluding hydrogens is 700 g/mol. The maximum atomic E-state index is 12.5. The monoisotopic (exact) mass is 770 g/mol. The number of piperidine rings is 1. The number of alkyl halides is 1. The molecule has 1 heterocycles. The van der Waals surface area contributed by atoms with Crippen molar-refractivity contribution in [2.75, 3.05) is 39.5 Å². The smallest absolute Gasteiger partial charge is 0.327 e. The number of rotatable bonds is 8. The van der Waals surface area contributed by atoms with Gasteiger partial charge < -0.3 is 15.0 Å². The van der Waals surface area contributed by atoms with Crippen LogP contribution in [-0.2, 0) is 19.4 Å². The van der Waals surface area contributed by atoms with Gasteiger partial charge in [0.05, 0.1) is 12.4 Å². The van der Waals surface area contributed by atoms with E-state index >= 15 is 0 Å². The van der Waals surface area contributed by atoms with Crippen molar-refractivity contribution in [2.24, 2.45) is 51.2 Å². The zero-order chi connectivity index (χ0) is 38.4. The molecule has 6 aliphatic carbocycles. The van der Waals surface area contributed by atoms with E-state index in [2.05, 4.69) is 70.5 Å². The van der Waals surface area contributed by atoms with E-state index in [-0.39, 0.29) is 27.6 Å². The number of halogens is 1. The van der Waals surface area contributed by atoms with Crippen LogP contribution in [0.3, 0.4) is 0 Å². The molecule has 0 aromatic heterocycles. The van der Waals surface area contributed by atoms with Gasteiger partial charge in [0, 0.05) is 24.9 Å². The fourth-order valence-corrected chi connectivity index (χ4v) is 16.4. The number of likely N-dealkylation sites (tertiary alicyclic amines) is 1. The number of ether oxygens (including phenoxy) is 1. The van der Waals surface area contributed by atoms with Gasteiger partial charge in [-0.15, -0.1) is 11.6 Å². The number of hydrogen-bond acceptors (Lipinski definition) is 6. The Hall–Kier alpha value is -1.15. The molecule has 7 rings (SSSR count). The van der Waals surface area contributed by atoms with E-state index in [1.54, 1.807) is 0 Å². The molecule has 5 fully saturated rings. The first kappa shape index (κ1) is 40.1. The molecule has 1 aliphatic heterocycles. The van der Waals surface area contributed by atoms with E-state index in [9.17, 15) is 13.2 Å². The van der Waals surface area contributed by atoms with Crippen LogP contribution in [-0.4, -0.2) is 74.5 Å². The van der Waals surface area contributed by atoms with Crippen LogP contribution in [0, 0.1) is 51.2 Å². The SMILES string of the molecule is C=C(C)[C@@H]1CC[C@]2(NCCN3CCC(S(C)(=O)=O)CC3)CC[C@]3(C)[C@H](CCC4[C@@]5(C)CC=C(C6=CCC(Cl)(C(=O)OC)CC6)C(C)(C)C5CC[C@]43C)C12. The number of methoxy groups -OCH3 is 1. The summed E-state index contributed by atoms with van der Waals surface area (Å²) in [5.41, 5.74) is 5.39. The third kappa shape index (κ3) is 6.29. The molecule has 0 spiro atoms. The predicted octanol–water partition coefficient (Wildman–Crippen LogP) is 9.29.